The number of anilines is 1. The zero-order valence-corrected chi connectivity index (χ0v) is 11.6. The Hall–Kier alpha value is -1.82. The van der Waals surface area contributed by atoms with Gasteiger partial charge in [-0.2, -0.15) is 0 Å². The fourth-order valence-corrected chi connectivity index (χ4v) is 2.41. The van der Waals surface area contributed by atoms with Gasteiger partial charge in [0.25, 0.3) is 0 Å². The zero-order chi connectivity index (χ0) is 14.5. The molecule has 1 fully saturated rings. The molecule has 110 valence electrons. The Balaban J connectivity index is 2.16. The molecule has 0 radical (unpaired) electrons. The van der Waals surface area contributed by atoms with E-state index in [-0.39, 0.29) is 17.8 Å². The number of hydrogen-bond acceptors (Lipinski definition) is 4. The number of nitrogens with zero attached hydrogens (tertiary/aromatic N) is 2. The monoisotopic (exact) mass is 281 g/mol. The summed E-state index contributed by atoms with van der Waals surface area (Å²) in [7, 11) is 0. The van der Waals surface area contributed by atoms with Gasteiger partial charge in [0.1, 0.15) is 5.82 Å². The van der Waals surface area contributed by atoms with E-state index in [0.29, 0.717) is 24.3 Å². The molecule has 20 heavy (non-hydrogen) atoms. The molecule has 0 amide bonds. The number of likely N-dealkylation sites (N-methyl/N-ethyl adjacent to an activating group) is 1. The van der Waals surface area contributed by atoms with Gasteiger partial charge in [0.2, 0.25) is 0 Å². The lowest BCUT2D eigenvalue weighted by molar-refractivity contribution is 0.115. The fourth-order valence-electron chi connectivity index (χ4n) is 2.41. The molecule has 0 saturated carbocycles. The van der Waals surface area contributed by atoms with E-state index >= 15 is 0 Å². The van der Waals surface area contributed by atoms with Gasteiger partial charge in [0.15, 0.2) is 5.84 Å². The predicted octanol–water partition coefficient (Wildman–Crippen LogP) is 1.93. The highest BCUT2D eigenvalue weighted by Crippen LogP contribution is 2.23. The van der Waals surface area contributed by atoms with Gasteiger partial charge in [-0.15, -0.1) is 0 Å². The average molecular weight is 281 g/mol. The number of benzene rings is 1. The number of rotatable bonds is 5. The van der Waals surface area contributed by atoms with Crippen molar-refractivity contribution < 1.29 is 14.3 Å². The Kier molecular flexibility index (Phi) is 4.79. The minimum absolute atomic E-state index is 0.0994. The highest BCUT2D eigenvalue weighted by Gasteiger charge is 2.20. The molecule has 0 bridgehead atoms. The molecule has 3 N–H and O–H groups in total. The quantitative estimate of drug-likeness (QED) is 0.374. The molecule has 1 unspecified atom stereocenters. The standard InChI is InChI=1S/C14H20FN3O2/c1-2-18(9-11-4-3-7-20-11)13-6-5-10(8-12(13)15)14(16)17-19/h5-6,8,11,19H,2-4,7,9H2,1H3,(H2,16,17). The smallest absolute Gasteiger partial charge is 0.170 e. The molecule has 1 heterocycles. The summed E-state index contributed by atoms with van der Waals surface area (Å²) in [4.78, 5) is 1.95. The highest BCUT2D eigenvalue weighted by molar-refractivity contribution is 5.97. The minimum atomic E-state index is -0.381. The molecule has 1 aromatic carbocycles. The third-order valence-corrected chi connectivity index (χ3v) is 3.52. The van der Waals surface area contributed by atoms with Crippen LogP contribution in [0.1, 0.15) is 25.3 Å². The predicted molar refractivity (Wildman–Crippen MR) is 75.8 cm³/mol. The van der Waals surface area contributed by atoms with Crippen LogP contribution in [-0.4, -0.2) is 36.8 Å². The largest absolute Gasteiger partial charge is 0.409 e. The second-order valence-electron chi connectivity index (χ2n) is 4.83. The molecule has 1 aromatic rings. The van der Waals surface area contributed by atoms with E-state index in [4.69, 9.17) is 15.7 Å². The van der Waals surface area contributed by atoms with Crippen molar-refractivity contribution in [2.75, 3.05) is 24.6 Å². The van der Waals surface area contributed by atoms with Crippen LogP contribution in [-0.2, 0) is 4.74 Å². The van der Waals surface area contributed by atoms with E-state index in [0.717, 1.165) is 19.4 Å². The third-order valence-electron chi connectivity index (χ3n) is 3.52. The molecule has 1 atom stereocenters. The van der Waals surface area contributed by atoms with Gasteiger partial charge in [-0.05, 0) is 38.0 Å². The van der Waals surface area contributed by atoms with Crippen LogP contribution >= 0.6 is 0 Å². The molecule has 0 aliphatic carbocycles. The van der Waals surface area contributed by atoms with E-state index < -0.39 is 0 Å². The Bertz CT molecular complexity index is 487. The summed E-state index contributed by atoms with van der Waals surface area (Å²) in [5, 5.41) is 11.5. The molecule has 0 aromatic heterocycles. The van der Waals surface area contributed by atoms with Crippen LogP contribution in [0.15, 0.2) is 23.4 Å². The molecule has 1 saturated heterocycles. The maximum Gasteiger partial charge on any atom is 0.170 e. The zero-order valence-electron chi connectivity index (χ0n) is 11.6. The van der Waals surface area contributed by atoms with Crippen molar-refractivity contribution in [1.29, 1.82) is 0 Å². The van der Waals surface area contributed by atoms with Crippen LogP contribution in [0.4, 0.5) is 10.1 Å². The Morgan fingerprint density at radius 1 is 1.60 bits per heavy atom. The number of hydrogen-bond donors (Lipinski definition) is 2. The first-order chi connectivity index (χ1) is 9.65. The average Bonchev–Trinajstić information content (AvgIpc) is 2.97. The van der Waals surface area contributed by atoms with Crippen LogP contribution in [0.25, 0.3) is 0 Å². The van der Waals surface area contributed by atoms with Crippen LogP contribution in [0, 0.1) is 5.82 Å². The molecular weight excluding hydrogens is 261 g/mol. The summed E-state index contributed by atoms with van der Waals surface area (Å²) in [5.41, 5.74) is 6.33. The van der Waals surface area contributed by atoms with Crippen molar-refractivity contribution in [2.24, 2.45) is 10.9 Å². The number of oxime groups is 1. The van der Waals surface area contributed by atoms with Gasteiger partial charge in [-0.3, -0.25) is 0 Å². The molecule has 1 aliphatic rings. The van der Waals surface area contributed by atoms with E-state index in [1.807, 2.05) is 11.8 Å². The number of ether oxygens (including phenoxy) is 1. The van der Waals surface area contributed by atoms with Crippen molar-refractivity contribution in [3.8, 4) is 0 Å². The maximum absolute atomic E-state index is 14.2. The summed E-state index contributed by atoms with van der Waals surface area (Å²) in [6.07, 6.45) is 2.24. The Morgan fingerprint density at radius 2 is 2.40 bits per heavy atom. The van der Waals surface area contributed by atoms with Crippen LogP contribution < -0.4 is 10.6 Å². The summed E-state index contributed by atoms with van der Waals surface area (Å²) in [6, 6.07) is 4.58. The normalized spacial score (nSPS) is 19.3. The first kappa shape index (κ1) is 14.6. The van der Waals surface area contributed by atoms with Crippen molar-refractivity contribution in [1.82, 2.24) is 0 Å². The van der Waals surface area contributed by atoms with Crippen LogP contribution in [0.3, 0.4) is 0 Å². The minimum Gasteiger partial charge on any atom is -0.409 e. The van der Waals surface area contributed by atoms with Gasteiger partial charge in [0, 0.05) is 25.3 Å². The first-order valence-corrected chi connectivity index (χ1v) is 6.79. The topological polar surface area (TPSA) is 71.1 Å². The lowest BCUT2D eigenvalue weighted by Crippen LogP contribution is -2.32. The third kappa shape index (κ3) is 3.19. The van der Waals surface area contributed by atoms with Crippen molar-refractivity contribution in [2.45, 2.75) is 25.9 Å². The van der Waals surface area contributed by atoms with Crippen LogP contribution in [0.2, 0.25) is 0 Å². The lowest BCUT2D eigenvalue weighted by Gasteiger charge is -2.26. The summed E-state index contributed by atoms with van der Waals surface area (Å²) >= 11 is 0. The van der Waals surface area contributed by atoms with Gasteiger partial charge >= 0.3 is 0 Å². The van der Waals surface area contributed by atoms with Gasteiger partial charge in [-0.25, -0.2) is 4.39 Å². The van der Waals surface area contributed by atoms with Crippen molar-refractivity contribution >= 4 is 11.5 Å². The summed E-state index contributed by atoms with van der Waals surface area (Å²) in [6.45, 7) is 4.13. The van der Waals surface area contributed by atoms with Gasteiger partial charge in [-0.1, -0.05) is 5.16 Å². The first-order valence-electron chi connectivity index (χ1n) is 6.79. The van der Waals surface area contributed by atoms with E-state index in [1.165, 1.54) is 6.07 Å². The molecule has 0 spiro atoms. The van der Waals surface area contributed by atoms with E-state index in [2.05, 4.69) is 5.16 Å². The fraction of sp³-hybridized carbons (Fsp3) is 0.500. The van der Waals surface area contributed by atoms with Crippen molar-refractivity contribution in [3.05, 3.63) is 29.6 Å². The Morgan fingerprint density at radius 3 is 2.95 bits per heavy atom. The second kappa shape index (κ2) is 6.56. The van der Waals surface area contributed by atoms with Gasteiger partial charge in [0.05, 0.1) is 11.8 Å². The summed E-state index contributed by atoms with van der Waals surface area (Å²) in [5.74, 6) is -0.480. The van der Waals surface area contributed by atoms with Crippen molar-refractivity contribution in [3.63, 3.8) is 0 Å². The number of halogens is 1. The van der Waals surface area contributed by atoms with Crippen LogP contribution in [0.5, 0.6) is 0 Å². The maximum atomic E-state index is 14.2. The summed E-state index contributed by atoms with van der Waals surface area (Å²) < 4.78 is 19.8. The lowest BCUT2D eigenvalue weighted by atomic mass is 10.1. The molecule has 2 rings (SSSR count). The number of nitrogens with two attached hydrogens (primary N) is 1. The highest BCUT2D eigenvalue weighted by atomic mass is 19.1. The van der Waals surface area contributed by atoms with Gasteiger partial charge < -0.3 is 20.6 Å². The molecule has 6 heteroatoms. The molecular formula is C14H20FN3O2. The SMILES string of the molecule is CCN(CC1CCCO1)c1ccc(C(N)=NO)cc1F. The molecule has 5 nitrogen and oxygen atoms in total. The van der Waals surface area contributed by atoms with E-state index in [9.17, 15) is 4.39 Å². The molecule has 1 aliphatic heterocycles. The number of amidine groups is 1. The Labute approximate surface area is 117 Å². The van der Waals surface area contributed by atoms with E-state index in [1.54, 1.807) is 12.1 Å². The second-order valence-corrected chi connectivity index (χ2v) is 4.83.